The van der Waals surface area contributed by atoms with Crippen LogP contribution in [0.5, 0.6) is 0 Å². The van der Waals surface area contributed by atoms with Gasteiger partial charge < -0.3 is 5.32 Å². The number of hydrogen-bond acceptors (Lipinski definition) is 4. The smallest absolute Gasteiger partial charge is 0.224 e. The van der Waals surface area contributed by atoms with E-state index in [1.807, 2.05) is 18.2 Å². The lowest BCUT2D eigenvalue weighted by molar-refractivity contribution is -0.116. The molecule has 1 saturated heterocycles. The molecule has 1 amide bonds. The predicted octanol–water partition coefficient (Wildman–Crippen LogP) is 3.60. The Balaban J connectivity index is 1.49. The van der Waals surface area contributed by atoms with Crippen molar-refractivity contribution in [2.45, 2.75) is 70.4 Å². The third-order valence-electron chi connectivity index (χ3n) is 6.17. The molecule has 0 atom stereocenters. The second kappa shape index (κ2) is 10.5. The number of benzene rings is 1. The fraction of sp³-hybridized carbons (Fsp3) is 0.682. The summed E-state index contributed by atoms with van der Waals surface area (Å²) < 4.78 is 26.1. The van der Waals surface area contributed by atoms with Crippen LogP contribution in [0.25, 0.3) is 0 Å². The van der Waals surface area contributed by atoms with Gasteiger partial charge in [0.1, 0.15) is 0 Å². The van der Waals surface area contributed by atoms with E-state index >= 15 is 0 Å². The van der Waals surface area contributed by atoms with Crippen LogP contribution in [0.2, 0.25) is 0 Å². The van der Waals surface area contributed by atoms with Gasteiger partial charge in [0.2, 0.25) is 15.9 Å². The van der Waals surface area contributed by atoms with Crippen LogP contribution in [0.3, 0.4) is 0 Å². The Kier molecular flexibility index (Phi) is 8.09. The van der Waals surface area contributed by atoms with E-state index in [9.17, 15) is 13.2 Å². The first-order valence-corrected chi connectivity index (χ1v) is 12.6. The second-order valence-electron chi connectivity index (χ2n) is 8.44. The van der Waals surface area contributed by atoms with Gasteiger partial charge in [0.05, 0.1) is 5.75 Å². The number of sulfonamides is 1. The zero-order valence-electron chi connectivity index (χ0n) is 17.6. The molecule has 6 nitrogen and oxygen atoms in total. The van der Waals surface area contributed by atoms with E-state index in [0.29, 0.717) is 25.6 Å². The highest BCUT2D eigenvalue weighted by Gasteiger charge is 2.25. The van der Waals surface area contributed by atoms with Crippen molar-refractivity contribution in [1.29, 1.82) is 0 Å². The summed E-state index contributed by atoms with van der Waals surface area (Å²) in [4.78, 5) is 14.8. The van der Waals surface area contributed by atoms with Crippen LogP contribution in [-0.2, 0) is 21.4 Å². The molecule has 1 saturated carbocycles. The quantitative estimate of drug-likeness (QED) is 0.661. The van der Waals surface area contributed by atoms with Crippen LogP contribution in [0, 0.1) is 0 Å². The molecule has 2 fully saturated rings. The molecule has 1 aromatic rings. The van der Waals surface area contributed by atoms with Gasteiger partial charge in [-0.25, -0.2) is 12.7 Å². The minimum Gasteiger partial charge on any atom is -0.326 e. The summed E-state index contributed by atoms with van der Waals surface area (Å²) >= 11 is 0. The number of hydrogen-bond donors (Lipinski definition) is 1. The van der Waals surface area contributed by atoms with Crippen molar-refractivity contribution in [2.75, 3.05) is 31.2 Å². The van der Waals surface area contributed by atoms with Crippen molar-refractivity contribution in [2.24, 2.45) is 0 Å². The van der Waals surface area contributed by atoms with Crippen LogP contribution in [0.15, 0.2) is 24.3 Å². The number of nitrogens with one attached hydrogen (secondary N) is 1. The summed E-state index contributed by atoms with van der Waals surface area (Å²) in [6.45, 7) is 2.05. The van der Waals surface area contributed by atoms with E-state index in [-0.39, 0.29) is 18.1 Å². The third kappa shape index (κ3) is 6.52. The van der Waals surface area contributed by atoms with E-state index in [1.54, 1.807) is 4.31 Å². The Morgan fingerprint density at radius 2 is 1.79 bits per heavy atom. The average molecular weight is 422 g/mol. The van der Waals surface area contributed by atoms with Crippen LogP contribution in [0.1, 0.15) is 63.4 Å². The standard InChI is InChI=1S/C22H35N3O3S/c1-24(20-11-3-2-4-12-20)18-19-10-5-6-13-21(19)23-22(26)14-9-17-29(27,28)25-15-7-8-16-25/h5-6,10,13,20H,2-4,7-9,11-12,14-18H2,1H3,(H,23,26). The lowest BCUT2D eigenvalue weighted by atomic mass is 9.94. The normalized spacial score (nSPS) is 19.0. The van der Waals surface area contributed by atoms with Crippen LogP contribution >= 0.6 is 0 Å². The Bertz CT molecular complexity index is 769. The molecule has 3 rings (SSSR count). The molecule has 2 aliphatic rings. The molecular weight excluding hydrogens is 386 g/mol. The molecular formula is C22H35N3O3S. The number of rotatable bonds is 9. The van der Waals surface area contributed by atoms with Crippen molar-refractivity contribution < 1.29 is 13.2 Å². The van der Waals surface area contributed by atoms with E-state index in [0.717, 1.165) is 30.6 Å². The average Bonchev–Trinajstić information content (AvgIpc) is 3.26. The minimum atomic E-state index is -3.22. The van der Waals surface area contributed by atoms with Crippen LogP contribution in [-0.4, -0.2) is 55.5 Å². The van der Waals surface area contributed by atoms with Crippen molar-refractivity contribution in [1.82, 2.24) is 9.21 Å². The van der Waals surface area contributed by atoms with Crippen molar-refractivity contribution in [3.05, 3.63) is 29.8 Å². The van der Waals surface area contributed by atoms with Crippen LogP contribution < -0.4 is 5.32 Å². The van der Waals surface area contributed by atoms with Gasteiger partial charge in [-0.1, -0.05) is 37.5 Å². The molecule has 0 aromatic heterocycles. The van der Waals surface area contributed by atoms with Crippen LogP contribution in [0.4, 0.5) is 5.69 Å². The topological polar surface area (TPSA) is 69.7 Å². The Morgan fingerprint density at radius 3 is 2.52 bits per heavy atom. The Morgan fingerprint density at radius 1 is 1.10 bits per heavy atom. The molecule has 162 valence electrons. The molecule has 1 aliphatic carbocycles. The zero-order valence-corrected chi connectivity index (χ0v) is 18.4. The van der Waals surface area contributed by atoms with E-state index in [4.69, 9.17) is 0 Å². The molecule has 29 heavy (non-hydrogen) atoms. The number of amides is 1. The van der Waals surface area contributed by atoms with Crippen molar-refractivity contribution in [3.63, 3.8) is 0 Å². The minimum absolute atomic E-state index is 0.0481. The first-order valence-electron chi connectivity index (χ1n) is 11.0. The van der Waals surface area contributed by atoms with Crippen molar-refractivity contribution >= 4 is 21.6 Å². The number of carbonyl (C=O) groups excluding carboxylic acids is 1. The summed E-state index contributed by atoms with van der Waals surface area (Å²) in [6.07, 6.45) is 8.88. The largest absolute Gasteiger partial charge is 0.326 e. The Hall–Kier alpha value is -1.44. The molecule has 0 unspecified atom stereocenters. The number of nitrogens with zero attached hydrogens (tertiary/aromatic N) is 2. The molecule has 1 aromatic carbocycles. The van der Waals surface area contributed by atoms with E-state index in [2.05, 4.69) is 23.3 Å². The van der Waals surface area contributed by atoms with Gasteiger partial charge in [-0.15, -0.1) is 0 Å². The summed E-state index contributed by atoms with van der Waals surface area (Å²) in [5, 5.41) is 3.00. The highest BCUT2D eigenvalue weighted by atomic mass is 32.2. The van der Waals surface area contributed by atoms with Gasteiger partial charge in [0.25, 0.3) is 0 Å². The zero-order chi connectivity index (χ0) is 20.7. The SMILES string of the molecule is CN(Cc1ccccc1NC(=O)CCCS(=O)(=O)N1CCCC1)C1CCCCC1. The first kappa shape index (κ1) is 22.2. The highest BCUT2D eigenvalue weighted by molar-refractivity contribution is 7.89. The summed E-state index contributed by atoms with van der Waals surface area (Å²) in [5.74, 6) is -0.0682. The summed E-state index contributed by atoms with van der Waals surface area (Å²) in [6, 6.07) is 8.54. The van der Waals surface area contributed by atoms with Gasteiger partial charge in [-0.05, 0) is 50.8 Å². The van der Waals surface area contributed by atoms with Gasteiger partial charge in [-0.3, -0.25) is 9.69 Å². The molecule has 1 aliphatic heterocycles. The van der Waals surface area contributed by atoms with Gasteiger partial charge in [0, 0.05) is 37.8 Å². The van der Waals surface area contributed by atoms with Gasteiger partial charge >= 0.3 is 0 Å². The maximum Gasteiger partial charge on any atom is 0.224 e. The third-order valence-corrected chi connectivity index (χ3v) is 8.13. The number of carbonyl (C=O) groups is 1. The van der Waals surface area contributed by atoms with Gasteiger partial charge in [0.15, 0.2) is 0 Å². The number of anilines is 1. The predicted molar refractivity (Wildman–Crippen MR) is 117 cm³/mol. The first-order chi connectivity index (χ1) is 14.0. The molecule has 0 spiro atoms. The fourth-order valence-corrected chi connectivity index (χ4v) is 6.00. The molecule has 0 radical (unpaired) electrons. The summed E-state index contributed by atoms with van der Waals surface area (Å²) in [7, 11) is -1.05. The fourth-order valence-electron chi connectivity index (χ4n) is 4.42. The molecule has 7 heteroatoms. The number of para-hydroxylation sites is 1. The molecule has 0 bridgehead atoms. The van der Waals surface area contributed by atoms with Crippen molar-refractivity contribution in [3.8, 4) is 0 Å². The Labute approximate surface area is 175 Å². The van der Waals surface area contributed by atoms with E-state index in [1.165, 1.54) is 32.1 Å². The maximum atomic E-state index is 12.4. The lowest BCUT2D eigenvalue weighted by Gasteiger charge is -2.31. The lowest BCUT2D eigenvalue weighted by Crippen LogP contribution is -2.33. The molecule has 1 N–H and O–H groups in total. The second-order valence-corrected chi connectivity index (χ2v) is 10.5. The van der Waals surface area contributed by atoms with Gasteiger partial charge in [-0.2, -0.15) is 0 Å². The molecule has 1 heterocycles. The van der Waals surface area contributed by atoms with E-state index < -0.39 is 10.0 Å². The highest BCUT2D eigenvalue weighted by Crippen LogP contribution is 2.25. The summed E-state index contributed by atoms with van der Waals surface area (Å²) in [5.41, 5.74) is 1.95. The monoisotopic (exact) mass is 421 g/mol. The maximum absolute atomic E-state index is 12.4.